The molecule has 0 saturated heterocycles. The molecule has 0 heterocycles. The fourth-order valence-corrected chi connectivity index (χ4v) is 3.32. The van der Waals surface area contributed by atoms with E-state index in [2.05, 4.69) is 24.4 Å². The Bertz CT molecular complexity index is 1250. The van der Waals surface area contributed by atoms with Gasteiger partial charge in [-0.2, -0.15) is 5.10 Å². The van der Waals surface area contributed by atoms with Gasteiger partial charge in [0.25, 0.3) is 5.91 Å². The molecule has 1 N–H and O–H groups in total. The number of amides is 1. The molecule has 7 nitrogen and oxygen atoms in total. The first-order valence-electron chi connectivity index (χ1n) is 11.5. The number of esters is 1. The van der Waals surface area contributed by atoms with Crippen LogP contribution in [0.2, 0.25) is 0 Å². The summed E-state index contributed by atoms with van der Waals surface area (Å²) in [5.41, 5.74) is 6.09. The number of benzene rings is 3. The summed E-state index contributed by atoms with van der Waals surface area (Å²) in [6, 6.07) is 20.3. The Morgan fingerprint density at radius 1 is 0.944 bits per heavy atom. The lowest BCUT2D eigenvalue weighted by Gasteiger charge is -2.14. The summed E-state index contributed by atoms with van der Waals surface area (Å²) in [5.74, 6) is 0.686. The van der Waals surface area contributed by atoms with Crippen LogP contribution in [0, 0.1) is 6.92 Å². The van der Waals surface area contributed by atoms with Gasteiger partial charge in [0.2, 0.25) is 0 Å². The van der Waals surface area contributed by atoms with Gasteiger partial charge in [0.15, 0.2) is 18.1 Å². The maximum atomic E-state index is 12.2. The molecular formula is C29H30N2O5. The second-order valence-electron chi connectivity index (χ2n) is 8.35. The molecule has 3 aromatic carbocycles. The van der Waals surface area contributed by atoms with Crippen molar-refractivity contribution in [2.24, 2.45) is 5.10 Å². The molecule has 3 rings (SSSR count). The summed E-state index contributed by atoms with van der Waals surface area (Å²) in [6.45, 7) is 5.96. The van der Waals surface area contributed by atoms with Crippen LogP contribution in [0.4, 0.5) is 0 Å². The highest BCUT2D eigenvalue weighted by atomic mass is 16.6. The van der Waals surface area contributed by atoms with E-state index in [0.29, 0.717) is 17.1 Å². The van der Waals surface area contributed by atoms with Crippen molar-refractivity contribution in [3.8, 4) is 17.2 Å². The molecular weight excluding hydrogens is 456 g/mol. The van der Waals surface area contributed by atoms with Gasteiger partial charge in [-0.1, -0.05) is 56.3 Å². The molecule has 0 unspecified atom stereocenters. The average Bonchev–Trinajstić information content (AvgIpc) is 2.87. The highest BCUT2D eigenvalue weighted by molar-refractivity contribution is 5.89. The zero-order valence-electron chi connectivity index (χ0n) is 20.9. The van der Waals surface area contributed by atoms with Crippen molar-refractivity contribution >= 4 is 24.2 Å². The van der Waals surface area contributed by atoms with Gasteiger partial charge in [-0.05, 0) is 65.4 Å². The van der Waals surface area contributed by atoms with Crippen molar-refractivity contribution in [1.82, 2.24) is 5.43 Å². The Labute approximate surface area is 211 Å². The lowest BCUT2D eigenvalue weighted by Crippen LogP contribution is -2.25. The van der Waals surface area contributed by atoms with Crippen molar-refractivity contribution in [2.45, 2.75) is 26.7 Å². The van der Waals surface area contributed by atoms with Gasteiger partial charge in [-0.15, -0.1) is 0 Å². The number of rotatable bonds is 10. The second kappa shape index (κ2) is 12.9. The number of hydrogen-bond donors (Lipinski definition) is 1. The molecule has 0 atom stereocenters. The smallest absolute Gasteiger partial charge is 0.336 e. The van der Waals surface area contributed by atoms with E-state index in [0.717, 1.165) is 16.7 Å². The Hall–Kier alpha value is -4.39. The lowest BCUT2D eigenvalue weighted by molar-refractivity contribution is -0.129. The molecule has 0 radical (unpaired) electrons. The molecule has 0 aliphatic heterocycles. The SMILES string of the molecule is COc1cc(/C=N/NC(=O)COc2cc(C)ccc2C(C)C)ccc1OC(=O)/C=C/c1ccccc1. The van der Waals surface area contributed by atoms with Gasteiger partial charge in [0, 0.05) is 6.08 Å². The summed E-state index contributed by atoms with van der Waals surface area (Å²) < 4.78 is 16.4. The number of carbonyl (C=O) groups is 2. The fraction of sp³-hybridized carbons (Fsp3) is 0.207. The Balaban J connectivity index is 1.55. The second-order valence-corrected chi connectivity index (χ2v) is 8.35. The van der Waals surface area contributed by atoms with Gasteiger partial charge in [0.1, 0.15) is 5.75 Å². The van der Waals surface area contributed by atoms with E-state index in [9.17, 15) is 9.59 Å². The topological polar surface area (TPSA) is 86.2 Å². The van der Waals surface area contributed by atoms with Crippen molar-refractivity contribution in [3.05, 3.63) is 95.1 Å². The maximum Gasteiger partial charge on any atom is 0.336 e. The molecule has 0 bridgehead atoms. The van der Waals surface area contributed by atoms with E-state index >= 15 is 0 Å². The van der Waals surface area contributed by atoms with Crippen LogP contribution >= 0.6 is 0 Å². The zero-order valence-corrected chi connectivity index (χ0v) is 20.9. The van der Waals surface area contributed by atoms with Gasteiger partial charge < -0.3 is 14.2 Å². The number of aryl methyl sites for hydroxylation is 1. The molecule has 0 aliphatic rings. The van der Waals surface area contributed by atoms with Gasteiger partial charge in [-0.3, -0.25) is 4.79 Å². The van der Waals surface area contributed by atoms with Crippen LogP contribution in [-0.4, -0.2) is 31.8 Å². The maximum absolute atomic E-state index is 12.2. The van der Waals surface area contributed by atoms with Crippen LogP contribution in [0.15, 0.2) is 77.9 Å². The van der Waals surface area contributed by atoms with Crippen LogP contribution in [0.5, 0.6) is 17.2 Å². The summed E-state index contributed by atoms with van der Waals surface area (Å²) in [5, 5.41) is 3.98. The van der Waals surface area contributed by atoms with Crippen molar-refractivity contribution in [2.75, 3.05) is 13.7 Å². The molecule has 0 aromatic heterocycles. The van der Waals surface area contributed by atoms with Crippen molar-refractivity contribution in [1.29, 1.82) is 0 Å². The molecule has 1 amide bonds. The number of nitrogens with zero attached hydrogens (tertiary/aromatic N) is 1. The van der Waals surface area contributed by atoms with Gasteiger partial charge in [-0.25, -0.2) is 10.2 Å². The molecule has 0 fully saturated rings. The van der Waals surface area contributed by atoms with E-state index in [1.54, 1.807) is 24.3 Å². The molecule has 0 spiro atoms. The number of nitrogens with one attached hydrogen (secondary N) is 1. The zero-order chi connectivity index (χ0) is 25.9. The van der Waals surface area contributed by atoms with Gasteiger partial charge >= 0.3 is 5.97 Å². The minimum absolute atomic E-state index is 0.158. The molecule has 36 heavy (non-hydrogen) atoms. The number of carbonyl (C=O) groups excluding carboxylic acids is 2. The third-order valence-electron chi connectivity index (χ3n) is 5.16. The summed E-state index contributed by atoms with van der Waals surface area (Å²) >= 11 is 0. The summed E-state index contributed by atoms with van der Waals surface area (Å²) in [7, 11) is 1.48. The van der Waals surface area contributed by atoms with Gasteiger partial charge in [0.05, 0.1) is 13.3 Å². The summed E-state index contributed by atoms with van der Waals surface area (Å²) in [6.07, 6.45) is 4.49. The number of hydrazone groups is 1. The molecule has 7 heteroatoms. The van der Waals surface area contributed by atoms with E-state index in [1.807, 2.05) is 55.5 Å². The van der Waals surface area contributed by atoms with E-state index in [1.165, 1.54) is 19.4 Å². The lowest BCUT2D eigenvalue weighted by atomic mass is 10.0. The Kier molecular flexibility index (Phi) is 9.40. The average molecular weight is 487 g/mol. The third-order valence-corrected chi connectivity index (χ3v) is 5.16. The van der Waals surface area contributed by atoms with Crippen LogP contribution in [0.25, 0.3) is 6.08 Å². The number of hydrogen-bond acceptors (Lipinski definition) is 6. The predicted molar refractivity (Wildman–Crippen MR) is 141 cm³/mol. The van der Waals surface area contributed by atoms with E-state index < -0.39 is 5.97 Å². The monoisotopic (exact) mass is 486 g/mol. The summed E-state index contributed by atoms with van der Waals surface area (Å²) in [4.78, 5) is 24.4. The molecule has 0 saturated carbocycles. The first kappa shape index (κ1) is 26.2. The van der Waals surface area contributed by atoms with Crippen LogP contribution in [-0.2, 0) is 9.59 Å². The van der Waals surface area contributed by atoms with Crippen molar-refractivity contribution < 1.29 is 23.8 Å². The third kappa shape index (κ3) is 7.84. The highest BCUT2D eigenvalue weighted by Crippen LogP contribution is 2.28. The van der Waals surface area contributed by atoms with Crippen LogP contribution in [0.1, 0.15) is 42.0 Å². The minimum Gasteiger partial charge on any atom is -0.493 e. The molecule has 186 valence electrons. The number of ether oxygens (including phenoxy) is 3. The normalized spacial score (nSPS) is 11.1. The standard InChI is InChI=1S/C29H30N2O5/c1-20(2)24-13-10-21(3)16-26(24)35-19-28(32)31-30-18-23-11-14-25(27(17-23)34-4)36-29(33)15-12-22-8-6-5-7-9-22/h5-18,20H,19H2,1-4H3,(H,31,32)/b15-12+,30-18+. The quantitative estimate of drug-likeness (QED) is 0.139. The van der Waals surface area contributed by atoms with Crippen molar-refractivity contribution in [3.63, 3.8) is 0 Å². The Morgan fingerprint density at radius 3 is 2.44 bits per heavy atom. The van der Waals surface area contributed by atoms with Crippen LogP contribution < -0.4 is 19.6 Å². The molecule has 0 aliphatic carbocycles. The van der Waals surface area contributed by atoms with Crippen LogP contribution in [0.3, 0.4) is 0 Å². The first-order valence-corrected chi connectivity index (χ1v) is 11.5. The fourth-order valence-electron chi connectivity index (χ4n) is 3.32. The largest absolute Gasteiger partial charge is 0.493 e. The highest BCUT2D eigenvalue weighted by Gasteiger charge is 2.11. The first-order chi connectivity index (χ1) is 17.4. The minimum atomic E-state index is -0.528. The number of methoxy groups -OCH3 is 1. The van der Waals surface area contributed by atoms with E-state index in [-0.39, 0.29) is 24.2 Å². The Morgan fingerprint density at radius 2 is 1.72 bits per heavy atom. The predicted octanol–water partition coefficient (Wildman–Crippen LogP) is 5.27. The van der Waals surface area contributed by atoms with E-state index in [4.69, 9.17) is 14.2 Å². The molecule has 3 aromatic rings.